The number of fused-ring (bicyclic) bond motifs is 2. The summed E-state index contributed by atoms with van der Waals surface area (Å²) < 4.78 is 5.97. The van der Waals surface area contributed by atoms with Crippen molar-refractivity contribution in [3.63, 3.8) is 0 Å². The number of rotatable bonds is 2. The van der Waals surface area contributed by atoms with Gasteiger partial charge in [0.2, 0.25) is 0 Å². The van der Waals surface area contributed by atoms with Crippen LogP contribution in [0.4, 0.5) is 0 Å². The monoisotopic (exact) mass is 372 g/mol. The van der Waals surface area contributed by atoms with Gasteiger partial charge in [-0.25, -0.2) is 0 Å². The zero-order valence-electron chi connectivity index (χ0n) is 16.4. The number of ether oxygens (including phenoxy) is 1. The summed E-state index contributed by atoms with van der Waals surface area (Å²) in [4.78, 5) is 12.7. The second kappa shape index (κ2) is 6.83. The SMILES string of the molecule is CC(C)(C)C(=O)O[C@H]1CC=c2ccccc2=C1c1c(O)ccc2ccccc12. The number of hydrogen-bond donors (Lipinski definition) is 1. The van der Waals surface area contributed by atoms with E-state index in [1.54, 1.807) is 6.07 Å². The minimum Gasteiger partial charge on any atom is -0.507 e. The number of hydrogen-bond acceptors (Lipinski definition) is 3. The van der Waals surface area contributed by atoms with Crippen LogP contribution in [0.25, 0.3) is 22.4 Å². The predicted octanol–water partition coefficient (Wildman–Crippen LogP) is 3.89. The number of carbonyl (C=O) groups is 1. The molecule has 1 aliphatic rings. The van der Waals surface area contributed by atoms with Gasteiger partial charge in [0.25, 0.3) is 0 Å². The van der Waals surface area contributed by atoms with Gasteiger partial charge >= 0.3 is 5.97 Å². The molecule has 0 saturated carbocycles. The summed E-state index contributed by atoms with van der Waals surface area (Å²) >= 11 is 0. The average Bonchev–Trinajstić information content (AvgIpc) is 2.68. The van der Waals surface area contributed by atoms with Gasteiger partial charge in [-0.15, -0.1) is 0 Å². The second-order valence-corrected chi connectivity index (χ2v) is 8.27. The molecule has 1 atom stereocenters. The van der Waals surface area contributed by atoms with Gasteiger partial charge in [-0.2, -0.15) is 0 Å². The van der Waals surface area contributed by atoms with Crippen molar-refractivity contribution in [2.24, 2.45) is 5.41 Å². The lowest BCUT2D eigenvalue weighted by atomic mass is 9.87. The fourth-order valence-electron chi connectivity index (χ4n) is 3.70. The summed E-state index contributed by atoms with van der Waals surface area (Å²) in [5.41, 5.74) is 1.01. The lowest BCUT2D eigenvalue weighted by Gasteiger charge is -2.27. The van der Waals surface area contributed by atoms with Crippen LogP contribution in [0.2, 0.25) is 0 Å². The molecule has 0 unspecified atom stereocenters. The maximum Gasteiger partial charge on any atom is 0.311 e. The van der Waals surface area contributed by atoms with E-state index in [1.807, 2.05) is 69.3 Å². The Hall–Kier alpha value is -3.07. The Morgan fingerprint density at radius 2 is 1.71 bits per heavy atom. The summed E-state index contributed by atoms with van der Waals surface area (Å²) in [6, 6.07) is 19.6. The minimum atomic E-state index is -0.594. The molecule has 0 radical (unpaired) electrons. The first-order chi connectivity index (χ1) is 13.4. The van der Waals surface area contributed by atoms with Gasteiger partial charge in [-0.1, -0.05) is 60.7 Å². The van der Waals surface area contributed by atoms with E-state index in [0.29, 0.717) is 6.42 Å². The Balaban J connectivity index is 2.01. The second-order valence-electron chi connectivity index (χ2n) is 8.27. The highest BCUT2D eigenvalue weighted by molar-refractivity contribution is 5.97. The first kappa shape index (κ1) is 18.3. The molecule has 3 heteroatoms. The highest BCUT2D eigenvalue weighted by atomic mass is 16.5. The van der Waals surface area contributed by atoms with Crippen LogP contribution in [0.15, 0.2) is 60.7 Å². The van der Waals surface area contributed by atoms with Crippen molar-refractivity contribution in [3.05, 3.63) is 76.7 Å². The van der Waals surface area contributed by atoms with E-state index in [2.05, 4.69) is 12.1 Å². The van der Waals surface area contributed by atoms with E-state index in [4.69, 9.17) is 4.74 Å². The largest absolute Gasteiger partial charge is 0.507 e. The average molecular weight is 372 g/mol. The van der Waals surface area contributed by atoms with Crippen molar-refractivity contribution in [2.75, 3.05) is 0 Å². The van der Waals surface area contributed by atoms with Crippen LogP contribution >= 0.6 is 0 Å². The molecule has 1 N–H and O–H groups in total. The first-order valence-corrected chi connectivity index (χ1v) is 9.58. The Morgan fingerprint density at radius 1 is 1.00 bits per heavy atom. The molecule has 142 valence electrons. The van der Waals surface area contributed by atoms with Crippen LogP contribution in [0.5, 0.6) is 5.75 Å². The third-order valence-corrected chi connectivity index (χ3v) is 5.16. The van der Waals surface area contributed by atoms with Crippen LogP contribution in [-0.4, -0.2) is 17.2 Å². The standard InChI is InChI=1S/C25H24O3/c1-25(2,3)24(27)28-21-15-13-17-9-5-7-11-19(17)23(21)22-18-10-6-4-8-16(18)12-14-20(22)26/h4-14,21,26H,15H2,1-3H3/t21-/m0/s1. The van der Waals surface area contributed by atoms with Crippen molar-refractivity contribution in [3.8, 4) is 5.75 Å². The zero-order valence-corrected chi connectivity index (χ0v) is 16.4. The van der Waals surface area contributed by atoms with Crippen LogP contribution in [0, 0.1) is 5.41 Å². The molecule has 3 aromatic rings. The molecule has 28 heavy (non-hydrogen) atoms. The Labute approximate surface area is 164 Å². The fraction of sp³-hybridized carbons (Fsp3) is 0.240. The normalized spacial score (nSPS) is 16.4. The van der Waals surface area contributed by atoms with Crippen molar-refractivity contribution in [1.29, 1.82) is 0 Å². The van der Waals surface area contributed by atoms with E-state index >= 15 is 0 Å². The topological polar surface area (TPSA) is 46.5 Å². The smallest absolute Gasteiger partial charge is 0.311 e. The maximum atomic E-state index is 12.7. The molecule has 4 rings (SSSR count). The molecule has 3 aromatic carbocycles. The van der Waals surface area contributed by atoms with Crippen molar-refractivity contribution < 1.29 is 14.6 Å². The van der Waals surface area contributed by atoms with Gasteiger partial charge < -0.3 is 9.84 Å². The Bertz CT molecular complexity index is 1180. The van der Waals surface area contributed by atoms with Gasteiger partial charge in [-0.3, -0.25) is 4.79 Å². The Kier molecular flexibility index (Phi) is 4.46. The van der Waals surface area contributed by atoms with Crippen molar-refractivity contribution >= 4 is 28.4 Å². The lowest BCUT2D eigenvalue weighted by molar-refractivity contribution is -0.155. The first-order valence-electron chi connectivity index (χ1n) is 9.58. The maximum absolute atomic E-state index is 12.7. The fourth-order valence-corrected chi connectivity index (χ4v) is 3.70. The van der Waals surface area contributed by atoms with Crippen molar-refractivity contribution in [2.45, 2.75) is 33.3 Å². The summed E-state index contributed by atoms with van der Waals surface area (Å²) in [6.45, 7) is 5.56. The molecule has 1 aliphatic carbocycles. The van der Waals surface area contributed by atoms with Crippen LogP contribution in [0.3, 0.4) is 0 Å². The number of phenols is 1. The molecule has 0 saturated heterocycles. The number of carbonyl (C=O) groups excluding carboxylic acids is 1. The number of aromatic hydroxyl groups is 1. The van der Waals surface area contributed by atoms with Gasteiger partial charge in [0.15, 0.2) is 0 Å². The quantitative estimate of drug-likeness (QED) is 0.695. The van der Waals surface area contributed by atoms with E-state index < -0.39 is 11.5 Å². The highest BCUT2D eigenvalue weighted by Crippen LogP contribution is 2.36. The van der Waals surface area contributed by atoms with Gasteiger partial charge in [0.1, 0.15) is 11.9 Å². The molecular weight excluding hydrogens is 348 g/mol. The zero-order chi connectivity index (χ0) is 19.9. The summed E-state index contributed by atoms with van der Waals surface area (Å²) in [5, 5.41) is 14.9. The van der Waals surface area contributed by atoms with Gasteiger partial charge in [0, 0.05) is 17.6 Å². The summed E-state index contributed by atoms with van der Waals surface area (Å²) in [6.07, 6.45) is 2.23. The highest BCUT2D eigenvalue weighted by Gasteiger charge is 2.31. The predicted molar refractivity (Wildman–Crippen MR) is 112 cm³/mol. The molecule has 0 aliphatic heterocycles. The summed E-state index contributed by atoms with van der Waals surface area (Å²) in [7, 11) is 0. The third kappa shape index (κ3) is 3.18. The molecule has 0 aromatic heterocycles. The molecule has 0 spiro atoms. The third-order valence-electron chi connectivity index (χ3n) is 5.16. The van der Waals surface area contributed by atoms with E-state index in [-0.39, 0.29) is 11.7 Å². The minimum absolute atomic E-state index is 0.196. The molecular formula is C25H24O3. The number of benzene rings is 3. The number of esters is 1. The van der Waals surface area contributed by atoms with Crippen LogP contribution in [-0.2, 0) is 9.53 Å². The lowest BCUT2D eigenvalue weighted by Crippen LogP contribution is -2.38. The Morgan fingerprint density at radius 3 is 2.50 bits per heavy atom. The van der Waals surface area contributed by atoms with Crippen LogP contribution < -0.4 is 10.4 Å². The summed E-state index contributed by atoms with van der Waals surface area (Å²) in [5.74, 6) is -0.0512. The molecule has 0 fully saturated rings. The number of phenolic OH excluding ortho intramolecular Hbond substituents is 1. The van der Waals surface area contributed by atoms with Gasteiger partial charge in [0.05, 0.1) is 5.41 Å². The molecule has 0 bridgehead atoms. The van der Waals surface area contributed by atoms with E-state index in [0.717, 1.165) is 32.3 Å². The van der Waals surface area contributed by atoms with Crippen molar-refractivity contribution in [1.82, 2.24) is 0 Å². The van der Waals surface area contributed by atoms with E-state index in [9.17, 15) is 9.90 Å². The van der Waals surface area contributed by atoms with Crippen LogP contribution in [0.1, 0.15) is 32.8 Å². The van der Waals surface area contributed by atoms with E-state index in [1.165, 1.54) is 0 Å². The van der Waals surface area contributed by atoms with Gasteiger partial charge in [-0.05, 0) is 48.0 Å². The molecule has 0 heterocycles. The molecule has 3 nitrogen and oxygen atoms in total. The molecule has 0 amide bonds.